The number of carbonyl (C=O) groups excluding carboxylic acids is 1. The Bertz CT molecular complexity index is 480. The van der Waals surface area contributed by atoms with Crippen LogP contribution in [-0.4, -0.2) is 65.3 Å². The summed E-state index contributed by atoms with van der Waals surface area (Å²) >= 11 is 0. The normalized spacial score (nSPS) is 22.1. The maximum absolute atomic E-state index is 12.4. The molecule has 114 valence electrons. The van der Waals surface area contributed by atoms with Gasteiger partial charge in [-0.3, -0.25) is 4.98 Å². The average molecular weight is 291 g/mol. The van der Waals surface area contributed by atoms with Crippen LogP contribution in [-0.2, 0) is 10.3 Å². The molecule has 2 fully saturated rings. The molecule has 3 rings (SSSR count). The highest BCUT2D eigenvalue weighted by molar-refractivity contribution is 5.74. The number of morpholine rings is 1. The van der Waals surface area contributed by atoms with Gasteiger partial charge < -0.3 is 19.6 Å². The number of nitrogens with zero attached hydrogens (tertiary/aromatic N) is 3. The fraction of sp³-hybridized carbons (Fsp3) is 0.600. The molecule has 6 nitrogen and oxygen atoms in total. The number of pyridine rings is 1. The number of hydrogen-bond donors (Lipinski definition) is 1. The molecule has 3 heterocycles. The van der Waals surface area contributed by atoms with Gasteiger partial charge in [0.25, 0.3) is 0 Å². The summed E-state index contributed by atoms with van der Waals surface area (Å²) < 4.78 is 5.27. The van der Waals surface area contributed by atoms with E-state index in [2.05, 4.69) is 4.98 Å². The molecule has 1 N–H and O–H groups in total. The maximum atomic E-state index is 12.4. The van der Waals surface area contributed by atoms with Crippen molar-refractivity contribution in [2.75, 3.05) is 39.4 Å². The lowest BCUT2D eigenvalue weighted by Gasteiger charge is -2.40. The van der Waals surface area contributed by atoms with Gasteiger partial charge in [-0.2, -0.15) is 0 Å². The predicted octanol–water partition coefficient (Wildman–Crippen LogP) is 0.817. The Morgan fingerprint density at radius 2 is 1.81 bits per heavy atom. The van der Waals surface area contributed by atoms with Gasteiger partial charge in [0.1, 0.15) is 5.60 Å². The van der Waals surface area contributed by atoms with Crippen molar-refractivity contribution in [2.24, 2.45) is 0 Å². The molecule has 1 aromatic heterocycles. The van der Waals surface area contributed by atoms with Crippen LogP contribution in [0.15, 0.2) is 24.4 Å². The molecule has 2 aliphatic heterocycles. The first-order valence-corrected chi connectivity index (χ1v) is 7.44. The van der Waals surface area contributed by atoms with Crippen LogP contribution in [0.4, 0.5) is 4.79 Å². The third kappa shape index (κ3) is 3.01. The van der Waals surface area contributed by atoms with E-state index in [9.17, 15) is 9.90 Å². The van der Waals surface area contributed by atoms with Crippen LogP contribution in [0.3, 0.4) is 0 Å². The summed E-state index contributed by atoms with van der Waals surface area (Å²) in [7, 11) is 0. The Kier molecular flexibility index (Phi) is 4.07. The molecule has 0 spiro atoms. The van der Waals surface area contributed by atoms with E-state index in [-0.39, 0.29) is 6.03 Å². The van der Waals surface area contributed by atoms with Gasteiger partial charge in [0.15, 0.2) is 0 Å². The number of ether oxygens (including phenoxy) is 1. The van der Waals surface area contributed by atoms with E-state index in [0.717, 1.165) is 0 Å². The third-order valence-corrected chi connectivity index (χ3v) is 4.28. The number of aromatic nitrogens is 1. The number of amides is 2. The zero-order valence-electron chi connectivity index (χ0n) is 12.1. The van der Waals surface area contributed by atoms with Crippen LogP contribution in [0.2, 0.25) is 0 Å². The van der Waals surface area contributed by atoms with Gasteiger partial charge in [-0.05, 0) is 25.0 Å². The van der Waals surface area contributed by atoms with Crippen molar-refractivity contribution < 1.29 is 14.6 Å². The molecule has 1 aromatic rings. The Morgan fingerprint density at radius 1 is 1.14 bits per heavy atom. The molecule has 0 unspecified atom stereocenters. The van der Waals surface area contributed by atoms with Crippen LogP contribution in [0.25, 0.3) is 0 Å². The SMILES string of the molecule is O=C(N1CCOCC1)N1CCC(O)(c2ccccn2)CC1. The van der Waals surface area contributed by atoms with Gasteiger partial charge in [-0.1, -0.05) is 6.07 Å². The van der Waals surface area contributed by atoms with E-state index in [0.29, 0.717) is 57.9 Å². The summed E-state index contributed by atoms with van der Waals surface area (Å²) in [6.45, 7) is 3.64. The van der Waals surface area contributed by atoms with Crippen molar-refractivity contribution in [3.63, 3.8) is 0 Å². The lowest BCUT2D eigenvalue weighted by atomic mass is 9.88. The van der Waals surface area contributed by atoms with Crippen molar-refractivity contribution in [3.05, 3.63) is 30.1 Å². The van der Waals surface area contributed by atoms with Crippen LogP contribution in [0.5, 0.6) is 0 Å². The molecule has 0 radical (unpaired) electrons. The number of piperidine rings is 1. The fourth-order valence-electron chi connectivity index (χ4n) is 2.92. The second kappa shape index (κ2) is 5.99. The van der Waals surface area contributed by atoms with E-state index in [4.69, 9.17) is 4.74 Å². The summed E-state index contributed by atoms with van der Waals surface area (Å²) in [5.41, 5.74) is -0.216. The topological polar surface area (TPSA) is 65.9 Å². The number of carbonyl (C=O) groups is 1. The van der Waals surface area contributed by atoms with Crippen molar-refractivity contribution in [2.45, 2.75) is 18.4 Å². The average Bonchev–Trinajstić information content (AvgIpc) is 2.57. The molecule has 0 aromatic carbocycles. The van der Waals surface area contributed by atoms with Crippen molar-refractivity contribution >= 4 is 6.03 Å². The molecular formula is C15H21N3O3. The van der Waals surface area contributed by atoms with Crippen LogP contribution >= 0.6 is 0 Å². The first kappa shape index (κ1) is 14.3. The van der Waals surface area contributed by atoms with E-state index in [1.807, 2.05) is 28.0 Å². The highest BCUT2D eigenvalue weighted by atomic mass is 16.5. The Balaban J connectivity index is 1.61. The van der Waals surface area contributed by atoms with Crippen LogP contribution in [0.1, 0.15) is 18.5 Å². The third-order valence-electron chi connectivity index (χ3n) is 4.28. The van der Waals surface area contributed by atoms with Crippen molar-refractivity contribution in [3.8, 4) is 0 Å². The van der Waals surface area contributed by atoms with E-state index in [1.54, 1.807) is 6.20 Å². The van der Waals surface area contributed by atoms with Crippen molar-refractivity contribution in [1.29, 1.82) is 0 Å². The Labute approximate surface area is 124 Å². The molecule has 2 aliphatic rings. The summed E-state index contributed by atoms with van der Waals surface area (Å²) in [4.78, 5) is 20.3. The zero-order chi connectivity index (χ0) is 14.7. The summed E-state index contributed by atoms with van der Waals surface area (Å²) in [5.74, 6) is 0. The second-order valence-electron chi connectivity index (χ2n) is 5.62. The minimum Gasteiger partial charge on any atom is -0.383 e. The van der Waals surface area contributed by atoms with Gasteiger partial charge in [0, 0.05) is 32.4 Å². The van der Waals surface area contributed by atoms with Gasteiger partial charge in [0.05, 0.1) is 18.9 Å². The maximum Gasteiger partial charge on any atom is 0.320 e. The number of urea groups is 1. The molecule has 21 heavy (non-hydrogen) atoms. The summed E-state index contributed by atoms with van der Waals surface area (Å²) in [6.07, 6.45) is 2.75. The van der Waals surface area contributed by atoms with Gasteiger partial charge in [-0.25, -0.2) is 4.79 Å². The van der Waals surface area contributed by atoms with Gasteiger partial charge >= 0.3 is 6.03 Å². The molecule has 6 heteroatoms. The largest absolute Gasteiger partial charge is 0.383 e. The number of likely N-dealkylation sites (tertiary alicyclic amines) is 1. The van der Waals surface area contributed by atoms with Crippen LogP contribution < -0.4 is 0 Å². The van der Waals surface area contributed by atoms with E-state index in [1.165, 1.54) is 0 Å². The molecule has 2 saturated heterocycles. The number of rotatable bonds is 1. The smallest absolute Gasteiger partial charge is 0.320 e. The lowest BCUT2D eigenvalue weighted by molar-refractivity contribution is -0.0268. The molecule has 0 bridgehead atoms. The monoisotopic (exact) mass is 291 g/mol. The zero-order valence-corrected chi connectivity index (χ0v) is 12.1. The molecule has 0 saturated carbocycles. The molecule has 0 atom stereocenters. The summed E-state index contributed by atoms with van der Waals surface area (Å²) in [6, 6.07) is 5.62. The molecule has 2 amide bonds. The fourth-order valence-corrected chi connectivity index (χ4v) is 2.92. The quantitative estimate of drug-likeness (QED) is 0.832. The first-order chi connectivity index (χ1) is 10.2. The highest BCUT2D eigenvalue weighted by Gasteiger charge is 2.37. The summed E-state index contributed by atoms with van der Waals surface area (Å²) in [5, 5.41) is 10.7. The predicted molar refractivity (Wildman–Crippen MR) is 76.7 cm³/mol. The minimum atomic E-state index is -0.914. The molecular weight excluding hydrogens is 270 g/mol. The first-order valence-electron chi connectivity index (χ1n) is 7.44. The van der Waals surface area contributed by atoms with Crippen LogP contribution in [0, 0.1) is 0 Å². The van der Waals surface area contributed by atoms with Crippen molar-refractivity contribution in [1.82, 2.24) is 14.8 Å². The van der Waals surface area contributed by atoms with E-state index >= 15 is 0 Å². The Morgan fingerprint density at radius 3 is 2.43 bits per heavy atom. The lowest BCUT2D eigenvalue weighted by Crippen LogP contribution is -2.52. The van der Waals surface area contributed by atoms with Gasteiger partial charge in [-0.15, -0.1) is 0 Å². The van der Waals surface area contributed by atoms with Gasteiger partial charge in [0.2, 0.25) is 0 Å². The highest BCUT2D eigenvalue weighted by Crippen LogP contribution is 2.31. The Hall–Kier alpha value is -1.66. The number of hydrogen-bond acceptors (Lipinski definition) is 4. The van der Waals surface area contributed by atoms with E-state index < -0.39 is 5.60 Å². The minimum absolute atomic E-state index is 0.0568. The number of aliphatic hydroxyl groups is 1. The molecule has 0 aliphatic carbocycles. The standard InChI is InChI=1S/C15H21N3O3/c19-14(18-9-11-21-12-10-18)17-7-4-15(20,5-8-17)13-3-1-2-6-16-13/h1-3,6,20H,4-5,7-12H2. The second-order valence-corrected chi connectivity index (χ2v) is 5.62.